The minimum Gasteiger partial charge on any atom is -0.383 e. The molecule has 108 valence electrons. The van der Waals surface area contributed by atoms with Gasteiger partial charge in [0.15, 0.2) is 5.65 Å². The molecule has 0 aliphatic heterocycles. The molecule has 0 amide bonds. The number of anilines is 1. The Hall–Kier alpha value is -3.22. The van der Waals surface area contributed by atoms with Gasteiger partial charge in [0.05, 0.1) is 16.8 Å². The first-order valence-electron chi connectivity index (χ1n) is 6.79. The third-order valence-corrected chi connectivity index (χ3v) is 3.55. The maximum absolute atomic E-state index is 6.00. The Morgan fingerprint density at radius 2 is 2.14 bits per heavy atom. The second-order valence-electron chi connectivity index (χ2n) is 5.03. The average Bonchev–Trinajstić information content (AvgIpc) is 3.17. The molecule has 0 fully saturated rings. The van der Waals surface area contributed by atoms with Gasteiger partial charge in [-0.2, -0.15) is 10.2 Å². The first-order chi connectivity index (χ1) is 10.7. The van der Waals surface area contributed by atoms with Gasteiger partial charge in [-0.25, -0.2) is 14.6 Å². The monoisotopic (exact) mass is 291 g/mol. The van der Waals surface area contributed by atoms with E-state index >= 15 is 0 Å². The fourth-order valence-electron chi connectivity index (χ4n) is 2.53. The van der Waals surface area contributed by atoms with Crippen molar-refractivity contribution < 1.29 is 0 Å². The Morgan fingerprint density at radius 1 is 1.23 bits per heavy atom. The van der Waals surface area contributed by atoms with Crippen molar-refractivity contribution in [1.82, 2.24) is 29.9 Å². The Bertz CT molecular complexity index is 953. The number of aromatic nitrogens is 6. The number of benzene rings is 1. The van der Waals surface area contributed by atoms with E-state index in [4.69, 9.17) is 5.73 Å². The standard InChI is InChI=1S/C15H13N7/c1-9-3-4-10(11(7-9)22-6-2-5-19-22)13-12-14(16)17-8-18-15(12)21-20-13/h2-8H,1H3,(H3,16,17,18,20,21). The molecule has 0 atom stereocenters. The van der Waals surface area contributed by atoms with Crippen molar-refractivity contribution in [1.29, 1.82) is 0 Å². The SMILES string of the molecule is Cc1ccc(-c2[nH]nc3ncnc(N)c23)c(-n2cccn2)c1. The molecule has 7 nitrogen and oxygen atoms in total. The van der Waals surface area contributed by atoms with E-state index in [0.717, 1.165) is 27.9 Å². The summed E-state index contributed by atoms with van der Waals surface area (Å²) in [4.78, 5) is 8.20. The lowest BCUT2D eigenvalue weighted by molar-refractivity contribution is 0.880. The summed E-state index contributed by atoms with van der Waals surface area (Å²) in [5.41, 5.74) is 10.4. The fraction of sp³-hybridized carbons (Fsp3) is 0.0667. The zero-order valence-electron chi connectivity index (χ0n) is 11.9. The lowest BCUT2D eigenvalue weighted by Gasteiger charge is -2.10. The number of nitrogens with one attached hydrogen (secondary N) is 1. The number of hydrogen-bond acceptors (Lipinski definition) is 5. The van der Waals surface area contributed by atoms with Gasteiger partial charge >= 0.3 is 0 Å². The maximum atomic E-state index is 6.00. The van der Waals surface area contributed by atoms with E-state index in [1.165, 1.54) is 6.33 Å². The second-order valence-corrected chi connectivity index (χ2v) is 5.03. The van der Waals surface area contributed by atoms with Crippen LogP contribution in [0, 0.1) is 6.92 Å². The highest BCUT2D eigenvalue weighted by Crippen LogP contribution is 2.32. The number of rotatable bonds is 2. The molecule has 3 aromatic heterocycles. The highest BCUT2D eigenvalue weighted by Gasteiger charge is 2.16. The van der Waals surface area contributed by atoms with Crippen LogP contribution in [0.1, 0.15) is 5.56 Å². The third kappa shape index (κ3) is 1.83. The van der Waals surface area contributed by atoms with Gasteiger partial charge in [0, 0.05) is 18.0 Å². The predicted octanol–water partition coefficient (Wildman–Crippen LogP) is 2.10. The first kappa shape index (κ1) is 12.5. The lowest BCUT2D eigenvalue weighted by atomic mass is 10.0. The normalized spacial score (nSPS) is 11.1. The van der Waals surface area contributed by atoms with Gasteiger partial charge in [-0.15, -0.1) is 0 Å². The number of aromatic amines is 1. The minimum absolute atomic E-state index is 0.403. The van der Waals surface area contributed by atoms with Crippen molar-refractivity contribution in [3.8, 4) is 16.9 Å². The molecule has 0 saturated carbocycles. The van der Waals surface area contributed by atoms with Gasteiger partial charge in [0.25, 0.3) is 0 Å². The van der Waals surface area contributed by atoms with Crippen molar-refractivity contribution in [2.24, 2.45) is 0 Å². The number of fused-ring (bicyclic) bond motifs is 1. The first-order valence-corrected chi connectivity index (χ1v) is 6.79. The quantitative estimate of drug-likeness (QED) is 0.589. The predicted molar refractivity (Wildman–Crippen MR) is 83.4 cm³/mol. The van der Waals surface area contributed by atoms with Crippen LogP contribution in [0.2, 0.25) is 0 Å². The summed E-state index contributed by atoms with van der Waals surface area (Å²) in [6.45, 7) is 2.04. The Labute approximate surface area is 125 Å². The Kier molecular flexibility index (Phi) is 2.65. The molecule has 0 spiro atoms. The van der Waals surface area contributed by atoms with Crippen LogP contribution in [0.15, 0.2) is 43.0 Å². The second kappa shape index (κ2) is 4.66. The van der Waals surface area contributed by atoms with Crippen LogP contribution in [-0.2, 0) is 0 Å². The van der Waals surface area contributed by atoms with Crippen LogP contribution >= 0.6 is 0 Å². The van der Waals surface area contributed by atoms with E-state index in [1.54, 1.807) is 6.20 Å². The van der Waals surface area contributed by atoms with E-state index in [9.17, 15) is 0 Å². The van der Waals surface area contributed by atoms with Crippen LogP contribution in [0.4, 0.5) is 5.82 Å². The summed E-state index contributed by atoms with van der Waals surface area (Å²) >= 11 is 0. The third-order valence-electron chi connectivity index (χ3n) is 3.55. The van der Waals surface area contributed by atoms with Gasteiger partial charge in [-0.05, 0) is 24.6 Å². The molecule has 0 radical (unpaired) electrons. The van der Waals surface area contributed by atoms with E-state index in [-0.39, 0.29) is 0 Å². The van der Waals surface area contributed by atoms with Gasteiger partial charge in [-0.1, -0.05) is 12.1 Å². The van der Waals surface area contributed by atoms with Crippen LogP contribution in [0.25, 0.3) is 28.0 Å². The maximum Gasteiger partial charge on any atom is 0.186 e. The molecule has 0 aliphatic rings. The molecule has 3 heterocycles. The molecule has 4 aromatic rings. The zero-order valence-corrected chi connectivity index (χ0v) is 11.9. The number of H-pyrrole nitrogens is 1. The smallest absolute Gasteiger partial charge is 0.186 e. The largest absolute Gasteiger partial charge is 0.383 e. The van der Waals surface area contributed by atoms with Crippen LogP contribution in [0.5, 0.6) is 0 Å². The summed E-state index contributed by atoms with van der Waals surface area (Å²) in [6.07, 6.45) is 5.05. The molecule has 1 aromatic carbocycles. The van der Waals surface area contributed by atoms with Gasteiger partial charge in [0.1, 0.15) is 12.1 Å². The fourth-order valence-corrected chi connectivity index (χ4v) is 2.53. The average molecular weight is 291 g/mol. The summed E-state index contributed by atoms with van der Waals surface area (Å²) in [7, 11) is 0. The zero-order chi connectivity index (χ0) is 15.1. The van der Waals surface area contributed by atoms with Crippen molar-refractivity contribution in [3.05, 3.63) is 48.5 Å². The summed E-state index contributed by atoms with van der Waals surface area (Å²) in [6, 6.07) is 8.00. The summed E-state index contributed by atoms with van der Waals surface area (Å²) in [5.74, 6) is 0.403. The van der Waals surface area contributed by atoms with E-state index in [2.05, 4.69) is 31.3 Å². The molecule has 3 N–H and O–H groups in total. The van der Waals surface area contributed by atoms with Crippen LogP contribution in [0.3, 0.4) is 0 Å². The van der Waals surface area contributed by atoms with Crippen LogP contribution < -0.4 is 5.73 Å². The molecule has 0 aliphatic carbocycles. The highest BCUT2D eigenvalue weighted by molar-refractivity contribution is 5.99. The molecule has 7 heteroatoms. The van der Waals surface area contributed by atoms with E-state index in [0.29, 0.717) is 11.5 Å². The summed E-state index contributed by atoms with van der Waals surface area (Å²) < 4.78 is 1.81. The molecule has 0 unspecified atom stereocenters. The van der Waals surface area contributed by atoms with Crippen molar-refractivity contribution in [2.75, 3.05) is 5.73 Å². The van der Waals surface area contributed by atoms with E-state index < -0.39 is 0 Å². The van der Waals surface area contributed by atoms with Crippen LogP contribution in [-0.4, -0.2) is 29.9 Å². The Morgan fingerprint density at radius 3 is 2.95 bits per heavy atom. The van der Waals surface area contributed by atoms with Gasteiger partial charge in [0.2, 0.25) is 0 Å². The lowest BCUT2D eigenvalue weighted by Crippen LogP contribution is -1.99. The summed E-state index contributed by atoms with van der Waals surface area (Å²) in [5, 5.41) is 12.3. The molecular formula is C15H13N7. The number of hydrogen-bond donors (Lipinski definition) is 2. The topological polar surface area (TPSA) is 98.3 Å². The number of nitrogens with zero attached hydrogens (tertiary/aromatic N) is 5. The molecule has 22 heavy (non-hydrogen) atoms. The highest BCUT2D eigenvalue weighted by atomic mass is 15.3. The van der Waals surface area contributed by atoms with Crippen molar-refractivity contribution >= 4 is 16.9 Å². The Balaban J connectivity index is 2.03. The van der Waals surface area contributed by atoms with Gasteiger partial charge < -0.3 is 5.73 Å². The van der Waals surface area contributed by atoms with Gasteiger partial charge in [-0.3, -0.25) is 5.10 Å². The molecule has 0 bridgehead atoms. The molecule has 4 rings (SSSR count). The van der Waals surface area contributed by atoms with E-state index in [1.807, 2.05) is 36.0 Å². The minimum atomic E-state index is 0.403. The molecule has 0 saturated heterocycles. The van der Waals surface area contributed by atoms with Crippen molar-refractivity contribution in [3.63, 3.8) is 0 Å². The number of aryl methyl sites for hydroxylation is 1. The van der Waals surface area contributed by atoms with Crippen molar-refractivity contribution in [2.45, 2.75) is 6.92 Å². The number of nitrogen functional groups attached to an aromatic ring is 1. The molecular weight excluding hydrogens is 278 g/mol. The number of nitrogens with two attached hydrogens (primary N) is 1.